The largest absolute Gasteiger partial charge is 0.462 e. The third kappa shape index (κ3) is 12.2. The van der Waals surface area contributed by atoms with Crippen LogP contribution in [0.4, 0.5) is 0 Å². The van der Waals surface area contributed by atoms with Crippen molar-refractivity contribution in [2.75, 3.05) is 28.4 Å². The molecule has 0 aromatic carbocycles. The first-order chi connectivity index (χ1) is 39.2. The molecule has 8 fully saturated rings. The van der Waals surface area contributed by atoms with Crippen LogP contribution in [-0.4, -0.2) is 86.1 Å². The average molecular weight is 1220 g/mol. The summed E-state index contributed by atoms with van der Waals surface area (Å²) in [6.07, 6.45) is 25.1. The van der Waals surface area contributed by atoms with Gasteiger partial charge in [-0.25, -0.2) is 10.9 Å². The Morgan fingerprint density at radius 3 is 1.17 bits per heavy atom. The predicted molar refractivity (Wildman–Crippen MR) is 330 cm³/mol. The van der Waals surface area contributed by atoms with Crippen molar-refractivity contribution in [2.45, 2.75) is 285 Å². The number of ether oxygens (including phenoxy) is 2. The Balaban J connectivity index is 0.750. The van der Waals surface area contributed by atoms with Gasteiger partial charge in [-0.1, -0.05) is 80.1 Å². The molecule has 8 aliphatic rings. The Bertz CT molecular complexity index is 2440. The number of esters is 2. The number of hydrazone groups is 2. The van der Waals surface area contributed by atoms with Crippen LogP contribution in [0.15, 0.2) is 10.2 Å². The minimum Gasteiger partial charge on any atom is -0.462 e. The molecule has 478 valence electrons. The van der Waals surface area contributed by atoms with Gasteiger partial charge >= 0.3 is 27.1 Å². The summed E-state index contributed by atoms with van der Waals surface area (Å²) in [7, 11) is -1.16. The molecule has 2 amide bonds. The zero-order valence-corrected chi connectivity index (χ0v) is 56.7. The second-order valence-electron chi connectivity index (χ2n) is 31.6. The molecule has 0 aliphatic heterocycles. The monoisotopic (exact) mass is 1210 g/mol. The number of nitrogens with zero attached hydrogens (tertiary/aromatic N) is 2. The number of nitrogens with one attached hydrogen (secondary N) is 2. The molecule has 14 atom stereocenters. The maximum Gasteiger partial charge on any atom is 0.336 e. The molecule has 2 spiro atoms. The molecule has 4 bridgehead atoms. The van der Waals surface area contributed by atoms with E-state index >= 15 is 0 Å². The molecular weight excluding hydrogens is 1100 g/mol. The van der Waals surface area contributed by atoms with Crippen molar-refractivity contribution < 1.29 is 55.9 Å². The summed E-state index contributed by atoms with van der Waals surface area (Å²) in [4.78, 5) is 55.7. The van der Waals surface area contributed by atoms with Gasteiger partial charge < -0.3 is 27.6 Å². The van der Waals surface area contributed by atoms with E-state index in [1.54, 1.807) is 0 Å². The molecule has 0 unspecified atom stereocenters. The molecule has 0 heterocycles. The molecule has 0 aromatic heterocycles. The second kappa shape index (κ2) is 24.7. The van der Waals surface area contributed by atoms with Gasteiger partial charge in [0.25, 0.3) is 0 Å². The highest BCUT2D eigenvalue weighted by Crippen LogP contribution is 2.76. The number of carbonyl (C=O) groups is 4. The first-order valence-electron chi connectivity index (χ1n) is 32.7. The smallest absolute Gasteiger partial charge is 0.336 e. The minimum absolute atomic E-state index is 0.00357. The predicted octanol–water partition coefficient (Wildman–Crippen LogP) is 15.8. The Hall–Kier alpha value is -2.48. The molecule has 16 nitrogen and oxygen atoms in total. The highest BCUT2D eigenvalue weighted by molar-refractivity contribution is 7.55. The van der Waals surface area contributed by atoms with Crippen molar-refractivity contribution in [1.82, 2.24) is 10.9 Å². The molecule has 0 saturated heterocycles. The number of rotatable bonds is 25. The Morgan fingerprint density at radius 1 is 0.488 bits per heavy atom. The SMILES string of the molecule is COP(=O)(OC)C(C)(C)C/C(C)=N/NC(=O)[C@]1(C)CCC[C@@]2(C)[C@@H]3CC[C@@]4(C)C[C@]3(CC[C@@H]21)C[C@H]4OC(=O)CCCCCCCCC(=O)O[C@@H]1C[C@]23CC[C@H]4[C@@](C)(CCC[C@@]4(C)C(=O)N/N=C(\C)CC(C)(C)P(=O)(OC)OC)[C@@H]2CC[C@@]1(C)C3. The molecule has 8 rings (SSSR count). The summed E-state index contributed by atoms with van der Waals surface area (Å²) < 4.78 is 60.6. The van der Waals surface area contributed by atoms with Crippen LogP contribution < -0.4 is 10.9 Å². The van der Waals surface area contributed by atoms with Gasteiger partial charge in [-0.05, 0) is 202 Å². The summed E-state index contributed by atoms with van der Waals surface area (Å²) in [6.45, 7) is 25.0. The van der Waals surface area contributed by atoms with Crippen LogP contribution in [0.1, 0.15) is 263 Å². The van der Waals surface area contributed by atoms with Crippen molar-refractivity contribution >= 4 is 50.4 Å². The van der Waals surface area contributed by atoms with E-state index in [0.717, 1.165) is 154 Å². The van der Waals surface area contributed by atoms with E-state index in [1.807, 2.05) is 41.5 Å². The number of amides is 2. The van der Waals surface area contributed by atoms with Gasteiger partial charge in [0.15, 0.2) is 0 Å². The highest BCUT2D eigenvalue weighted by Gasteiger charge is 2.71. The fourth-order valence-corrected chi connectivity index (χ4v) is 24.3. The fourth-order valence-electron chi connectivity index (χ4n) is 21.2. The standard InChI is InChI=1S/C66H112N4O12P2/c1-45(39-57(3,4)83(75,77-13)78-14)67-69-55(73)63(11)33-23-31-61(9)47(63)29-37-65-41-51(59(7,43-65)35-27-49(61)65)81-53(71)25-21-19-17-18-20-22-26-54(72)82-52-42-66-38-30-48-62(10,50(66)28-36-60(52,8)44-66)32-24-34-64(48,12)56(74)70-68-46(2)40-58(5,6)84(76,79-15)80-16/h47-52H,17-44H2,1-16H3,(H,69,73)(H,70,74)/b67-45+,68-46+/t47-,48-,49-,50-,51+,52+,59-,60-,61+,62+,63+,64+,65-,66-/m0/s1. The van der Waals surface area contributed by atoms with Crippen molar-refractivity contribution in [3.8, 4) is 0 Å². The quantitative estimate of drug-likeness (QED) is 0.0288. The second-order valence-corrected chi connectivity index (χ2v) is 37.4. The summed E-state index contributed by atoms with van der Waals surface area (Å²) in [5, 5.41) is 7.47. The molecule has 8 aliphatic carbocycles. The average Bonchev–Trinajstić information content (AvgIpc) is 1.39. The van der Waals surface area contributed by atoms with E-state index in [2.05, 4.69) is 62.6 Å². The normalized spacial score (nSPS) is 38.6. The van der Waals surface area contributed by atoms with Crippen LogP contribution >= 0.6 is 15.2 Å². The van der Waals surface area contributed by atoms with Crippen LogP contribution in [0, 0.1) is 67.0 Å². The molecular formula is C66H112N4O12P2. The number of carbonyl (C=O) groups excluding carboxylic acids is 4. The van der Waals surface area contributed by atoms with Gasteiger partial charge in [-0.15, -0.1) is 0 Å². The molecule has 0 radical (unpaired) electrons. The lowest BCUT2D eigenvalue weighted by Gasteiger charge is -2.64. The lowest BCUT2D eigenvalue weighted by molar-refractivity contribution is -0.170. The molecule has 8 saturated carbocycles. The first kappa shape index (κ1) is 67.5. The van der Waals surface area contributed by atoms with Gasteiger partial charge in [0.2, 0.25) is 11.8 Å². The molecule has 2 N–H and O–H groups in total. The summed E-state index contributed by atoms with van der Waals surface area (Å²) in [5.41, 5.74) is 6.28. The number of hydrogen-bond donors (Lipinski definition) is 2. The van der Waals surface area contributed by atoms with E-state index in [0.29, 0.717) is 48.9 Å². The maximum atomic E-state index is 14.3. The summed E-state index contributed by atoms with van der Waals surface area (Å²) in [6, 6.07) is 0. The van der Waals surface area contributed by atoms with Gasteiger partial charge in [0, 0.05) is 76.4 Å². The van der Waals surface area contributed by atoms with Crippen molar-refractivity contribution in [1.29, 1.82) is 0 Å². The van der Waals surface area contributed by atoms with Crippen LogP contribution in [0.5, 0.6) is 0 Å². The van der Waals surface area contributed by atoms with Crippen molar-refractivity contribution in [3.05, 3.63) is 0 Å². The zero-order chi connectivity index (χ0) is 61.8. The molecule has 18 heteroatoms. The highest BCUT2D eigenvalue weighted by atomic mass is 31.2. The Labute approximate surface area is 505 Å². The Morgan fingerprint density at radius 2 is 0.821 bits per heavy atom. The zero-order valence-electron chi connectivity index (χ0n) is 55.0. The van der Waals surface area contributed by atoms with Crippen LogP contribution in [-0.2, 0) is 55.9 Å². The maximum absolute atomic E-state index is 14.3. The third-order valence-corrected chi connectivity index (χ3v) is 30.5. The summed E-state index contributed by atoms with van der Waals surface area (Å²) in [5.74, 6) is 1.16. The lowest BCUT2D eigenvalue weighted by atomic mass is 9.40. The number of unbranched alkanes of at least 4 members (excludes halogenated alkanes) is 5. The van der Waals surface area contributed by atoms with E-state index in [1.165, 1.54) is 28.4 Å². The van der Waals surface area contributed by atoms with Crippen LogP contribution in [0.3, 0.4) is 0 Å². The number of fused-ring (bicyclic) bond motifs is 6. The van der Waals surface area contributed by atoms with Crippen molar-refractivity contribution in [3.63, 3.8) is 0 Å². The minimum atomic E-state index is -3.37. The van der Waals surface area contributed by atoms with E-state index in [4.69, 9.17) is 27.6 Å². The third-order valence-electron chi connectivity index (χ3n) is 25.3. The van der Waals surface area contributed by atoms with E-state index in [9.17, 15) is 28.3 Å². The van der Waals surface area contributed by atoms with Crippen LogP contribution in [0.25, 0.3) is 0 Å². The van der Waals surface area contributed by atoms with E-state index < -0.39 is 36.3 Å². The van der Waals surface area contributed by atoms with Gasteiger partial charge in [0.05, 0.1) is 21.1 Å². The van der Waals surface area contributed by atoms with Crippen molar-refractivity contribution in [2.24, 2.45) is 77.2 Å². The molecule has 0 aromatic rings. The fraction of sp³-hybridized carbons (Fsp3) is 0.909. The Kier molecular flexibility index (Phi) is 19.8. The molecule has 84 heavy (non-hydrogen) atoms. The number of hydrogen-bond acceptors (Lipinski definition) is 14. The topological polar surface area (TPSA) is 207 Å². The van der Waals surface area contributed by atoms with Gasteiger partial charge in [-0.2, -0.15) is 10.2 Å². The van der Waals surface area contributed by atoms with Gasteiger partial charge in [-0.3, -0.25) is 28.3 Å². The van der Waals surface area contributed by atoms with Gasteiger partial charge in [0.1, 0.15) is 12.2 Å². The first-order valence-corrected chi connectivity index (χ1v) is 35.8. The van der Waals surface area contributed by atoms with Crippen LogP contribution in [0.2, 0.25) is 0 Å². The lowest BCUT2D eigenvalue weighted by Crippen LogP contribution is -2.59. The van der Waals surface area contributed by atoms with E-state index in [-0.39, 0.29) is 80.3 Å². The summed E-state index contributed by atoms with van der Waals surface area (Å²) >= 11 is 0.